The molecule has 0 aromatic rings. The first-order valence-electron chi connectivity index (χ1n) is 5.25. The van der Waals surface area contributed by atoms with Crippen LogP contribution in [0.1, 0.15) is 33.6 Å². The maximum absolute atomic E-state index is 12.0. The lowest BCUT2D eigenvalue weighted by Gasteiger charge is -2.24. The van der Waals surface area contributed by atoms with Crippen molar-refractivity contribution in [1.29, 1.82) is 0 Å². The first-order valence-corrected chi connectivity index (χ1v) is 5.25. The molecule has 0 heterocycles. The molecule has 0 saturated heterocycles. The lowest BCUT2D eigenvalue weighted by molar-refractivity contribution is -0.128. The molecular formula is C11H19NO3. The van der Waals surface area contributed by atoms with Crippen LogP contribution in [0.15, 0.2) is 0 Å². The number of ether oxygens (including phenoxy) is 1. The summed E-state index contributed by atoms with van der Waals surface area (Å²) in [5.74, 6) is 0.381. The molecule has 0 aliphatic heterocycles. The Morgan fingerprint density at radius 3 is 2.20 bits per heavy atom. The van der Waals surface area contributed by atoms with E-state index in [2.05, 4.69) is 10.1 Å². The predicted octanol–water partition coefficient (Wildman–Crippen LogP) is 1.74. The van der Waals surface area contributed by atoms with Gasteiger partial charge in [0.25, 0.3) is 0 Å². The highest BCUT2D eigenvalue weighted by Gasteiger charge is 2.41. The number of ketones is 1. The molecule has 4 nitrogen and oxygen atoms in total. The van der Waals surface area contributed by atoms with Crippen LogP contribution in [0.25, 0.3) is 0 Å². The first kappa shape index (κ1) is 12.0. The highest BCUT2D eigenvalue weighted by molar-refractivity contribution is 5.91. The van der Waals surface area contributed by atoms with Gasteiger partial charge in [-0.05, 0) is 18.8 Å². The van der Waals surface area contributed by atoms with Crippen LogP contribution in [-0.2, 0) is 9.53 Å². The van der Waals surface area contributed by atoms with Gasteiger partial charge in [-0.3, -0.25) is 4.79 Å². The SMILES string of the molecule is COC(=O)N[C@H](C(=O)C(C)(C)C)C1CC1. The van der Waals surface area contributed by atoms with Gasteiger partial charge in [-0.1, -0.05) is 20.8 Å². The van der Waals surface area contributed by atoms with Crippen LogP contribution in [0.3, 0.4) is 0 Å². The Balaban J connectivity index is 2.66. The lowest BCUT2D eigenvalue weighted by Crippen LogP contribution is -2.47. The number of methoxy groups -OCH3 is 1. The molecular weight excluding hydrogens is 194 g/mol. The molecule has 0 aromatic carbocycles. The van der Waals surface area contributed by atoms with Crippen LogP contribution >= 0.6 is 0 Å². The molecule has 0 aromatic heterocycles. The van der Waals surface area contributed by atoms with Crippen molar-refractivity contribution in [1.82, 2.24) is 5.32 Å². The molecule has 1 saturated carbocycles. The maximum atomic E-state index is 12.0. The fourth-order valence-corrected chi connectivity index (χ4v) is 1.48. The third-order valence-electron chi connectivity index (χ3n) is 2.57. The second kappa shape index (κ2) is 4.21. The second-order valence-electron chi connectivity index (χ2n) is 5.07. The van der Waals surface area contributed by atoms with E-state index in [-0.39, 0.29) is 11.8 Å². The Labute approximate surface area is 90.4 Å². The summed E-state index contributed by atoms with van der Waals surface area (Å²) in [5, 5.41) is 2.62. The molecule has 86 valence electrons. The van der Waals surface area contributed by atoms with E-state index in [0.29, 0.717) is 5.92 Å². The molecule has 1 N–H and O–H groups in total. The van der Waals surface area contributed by atoms with Crippen molar-refractivity contribution in [2.24, 2.45) is 11.3 Å². The van der Waals surface area contributed by atoms with Crippen molar-refractivity contribution < 1.29 is 14.3 Å². The van der Waals surface area contributed by atoms with Gasteiger partial charge in [-0.15, -0.1) is 0 Å². The van der Waals surface area contributed by atoms with Gasteiger partial charge < -0.3 is 10.1 Å². The Morgan fingerprint density at radius 2 is 1.87 bits per heavy atom. The fraction of sp³-hybridized carbons (Fsp3) is 0.818. The van der Waals surface area contributed by atoms with Gasteiger partial charge in [-0.25, -0.2) is 4.79 Å². The van der Waals surface area contributed by atoms with Gasteiger partial charge in [-0.2, -0.15) is 0 Å². The monoisotopic (exact) mass is 213 g/mol. The number of carbonyl (C=O) groups is 2. The van der Waals surface area contributed by atoms with Crippen LogP contribution in [0.2, 0.25) is 0 Å². The minimum Gasteiger partial charge on any atom is -0.453 e. The minimum absolute atomic E-state index is 0.0791. The van der Waals surface area contributed by atoms with Crippen molar-refractivity contribution in [3.05, 3.63) is 0 Å². The van der Waals surface area contributed by atoms with E-state index in [9.17, 15) is 9.59 Å². The quantitative estimate of drug-likeness (QED) is 0.776. The lowest BCUT2D eigenvalue weighted by atomic mass is 9.85. The van der Waals surface area contributed by atoms with Crippen LogP contribution in [0.4, 0.5) is 4.79 Å². The van der Waals surface area contributed by atoms with Crippen LogP contribution in [0.5, 0.6) is 0 Å². The second-order valence-corrected chi connectivity index (χ2v) is 5.07. The fourth-order valence-electron chi connectivity index (χ4n) is 1.48. The van der Waals surface area contributed by atoms with Crippen molar-refractivity contribution in [3.63, 3.8) is 0 Å². The largest absolute Gasteiger partial charge is 0.453 e. The average Bonchev–Trinajstić information content (AvgIpc) is 2.94. The Morgan fingerprint density at radius 1 is 1.33 bits per heavy atom. The first-order chi connectivity index (χ1) is 6.86. The number of hydrogen-bond donors (Lipinski definition) is 1. The van der Waals surface area contributed by atoms with Crippen LogP contribution in [-0.4, -0.2) is 25.0 Å². The summed E-state index contributed by atoms with van der Waals surface area (Å²) in [6.45, 7) is 5.59. The summed E-state index contributed by atoms with van der Waals surface area (Å²) in [4.78, 5) is 23.1. The van der Waals surface area contributed by atoms with E-state index in [1.807, 2.05) is 20.8 Å². The van der Waals surface area contributed by atoms with E-state index in [1.54, 1.807) is 0 Å². The zero-order valence-corrected chi connectivity index (χ0v) is 9.79. The van der Waals surface area contributed by atoms with Gasteiger partial charge in [0.15, 0.2) is 5.78 Å². The van der Waals surface area contributed by atoms with Gasteiger partial charge in [0, 0.05) is 5.41 Å². The van der Waals surface area contributed by atoms with Gasteiger partial charge >= 0.3 is 6.09 Å². The number of nitrogens with one attached hydrogen (secondary N) is 1. The molecule has 1 aliphatic carbocycles. The molecule has 0 unspecified atom stereocenters. The normalized spacial score (nSPS) is 18.1. The van der Waals surface area contributed by atoms with Crippen LogP contribution < -0.4 is 5.32 Å². The summed E-state index contributed by atoms with van der Waals surface area (Å²) in [6, 6.07) is -0.377. The zero-order chi connectivity index (χ0) is 11.6. The Kier molecular flexibility index (Phi) is 3.37. The van der Waals surface area contributed by atoms with Crippen LogP contribution in [0, 0.1) is 11.3 Å². The van der Waals surface area contributed by atoms with E-state index in [0.717, 1.165) is 12.8 Å². The molecule has 1 atom stereocenters. The highest BCUT2D eigenvalue weighted by atomic mass is 16.5. The Hall–Kier alpha value is -1.06. The van der Waals surface area contributed by atoms with E-state index < -0.39 is 11.5 Å². The molecule has 1 rings (SSSR count). The average molecular weight is 213 g/mol. The topological polar surface area (TPSA) is 55.4 Å². The maximum Gasteiger partial charge on any atom is 0.407 e. The highest BCUT2D eigenvalue weighted by Crippen LogP contribution is 2.35. The number of Topliss-reactive ketones (excluding diaryl/α,β-unsaturated/α-hetero) is 1. The molecule has 0 radical (unpaired) electrons. The third kappa shape index (κ3) is 3.22. The van der Waals surface area contributed by atoms with Gasteiger partial charge in [0.05, 0.1) is 13.2 Å². The summed E-state index contributed by atoms with van der Waals surface area (Å²) in [6.07, 6.45) is 1.50. The zero-order valence-electron chi connectivity index (χ0n) is 9.79. The number of rotatable bonds is 3. The predicted molar refractivity (Wildman–Crippen MR) is 56.5 cm³/mol. The number of alkyl carbamates (subject to hydrolysis) is 1. The van der Waals surface area contributed by atoms with Crippen molar-refractivity contribution in [2.75, 3.05) is 7.11 Å². The minimum atomic E-state index is -0.524. The number of hydrogen-bond acceptors (Lipinski definition) is 3. The molecule has 0 bridgehead atoms. The van der Waals surface area contributed by atoms with Crippen molar-refractivity contribution >= 4 is 11.9 Å². The van der Waals surface area contributed by atoms with Gasteiger partial charge in [0.2, 0.25) is 0 Å². The molecule has 4 heteroatoms. The number of amides is 1. The molecule has 1 aliphatic rings. The van der Waals surface area contributed by atoms with E-state index in [4.69, 9.17) is 0 Å². The Bertz CT molecular complexity index is 263. The molecule has 15 heavy (non-hydrogen) atoms. The summed E-state index contributed by atoms with van der Waals surface area (Å²) >= 11 is 0. The van der Waals surface area contributed by atoms with Crippen molar-refractivity contribution in [3.8, 4) is 0 Å². The molecule has 1 fully saturated rings. The summed E-state index contributed by atoms with van der Waals surface area (Å²) in [5.41, 5.74) is -0.422. The van der Waals surface area contributed by atoms with E-state index >= 15 is 0 Å². The molecule has 0 spiro atoms. The smallest absolute Gasteiger partial charge is 0.407 e. The van der Waals surface area contributed by atoms with Crippen molar-refractivity contribution in [2.45, 2.75) is 39.7 Å². The van der Waals surface area contributed by atoms with Gasteiger partial charge in [0.1, 0.15) is 0 Å². The van der Waals surface area contributed by atoms with E-state index in [1.165, 1.54) is 7.11 Å². The summed E-state index contributed by atoms with van der Waals surface area (Å²) < 4.78 is 4.52. The third-order valence-corrected chi connectivity index (χ3v) is 2.57. The standard InChI is InChI=1S/C11H19NO3/c1-11(2,3)9(13)8(7-5-6-7)12-10(14)15-4/h7-8H,5-6H2,1-4H3,(H,12,14)/t8-/m0/s1. The molecule has 1 amide bonds. The summed E-state index contributed by atoms with van der Waals surface area (Å²) in [7, 11) is 1.31. The number of carbonyl (C=O) groups excluding carboxylic acids is 2.